The van der Waals surface area contributed by atoms with Gasteiger partial charge < -0.3 is 4.74 Å². The Hall–Kier alpha value is -2.54. The number of aromatic nitrogens is 1. The molecule has 26 heavy (non-hydrogen) atoms. The lowest BCUT2D eigenvalue weighted by Gasteiger charge is -2.20. The highest BCUT2D eigenvalue weighted by atomic mass is 16.6. The Morgan fingerprint density at radius 2 is 1.92 bits per heavy atom. The molecular formula is C22H27NO3. The van der Waals surface area contributed by atoms with E-state index in [9.17, 15) is 9.59 Å². The average molecular weight is 353 g/mol. The van der Waals surface area contributed by atoms with E-state index in [0.717, 1.165) is 24.6 Å². The summed E-state index contributed by atoms with van der Waals surface area (Å²) >= 11 is 0. The smallest absolute Gasteiger partial charge is 0.419 e. The van der Waals surface area contributed by atoms with Crippen molar-refractivity contribution in [1.29, 1.82) is 0 Å². The van der Waals surface area contributed by atoms with E-state index >= 15 is 0 Å². The molecule has 4 nitrogen and oxygen atoms in total. The molecule has 138 valence electrons. The lowest BCUT2D eigenvalue weighted by molar-refractivity contribution is 0.0538. The van der Waals surface area contributed by atoms with Gasteiger partial charge in [-0.25, -0.2) is 9.36 Å². The molecule has 0 aliphatic carbocycles. The number of hydrogen-bond donors (Lipinski definition) is 0. The first-order valence-corrected chi connectivity index (χ1v) is 9.20. The Morgan fingerprint density at radius 1 is 1.19 bits per heavy atom. The van der Waals surface area contributed by atoms with Gasteiger partial charge in [-0.15, -0.1) is 0 Å². The van der Waals surface area contributed by atoms with E-state index in [1.54, 1.807) is 26.8 Å². The molecule has 0 fully saturated rings. The number of nitrogens with zero attached hydrogens (tertiary/aromatic N) is 1. The highest BCUT2D eigenvalue weighted by molar-refractivity contribution is 6.02. The van der Waals surface area contributed by atoms with Crippen molar-refractivity contribution in [1.82, 2.24) is 4.57 Å². The maximum absolute atomic E-state index is 12.6. The van der Waals surface area contributed by atoms with E-state index in [4.69, 9.17) is 4.74 Å². The molecule has 0 bridgehead atoms. The van der Waals surface area contributed by atoms with Crippen LogP contribution in [0, 0.1) is 11.8 Å². The van der Waals surface area contributed by atoms with Crippen molar-refractivity contribution in [3.05, 3.63) is 35.5 Å². The summed E-state index contributed by atoms with van der Waals surface area (Å²) in [5.41, 5.74) is 0.839. The van der Waals surface area contributed by atoms with Gasteiger partial charge in [-0.2, -0.15) is 0 Å². The maximum atomic E-state index is 12.6. The van der Waals surface area contributed by atoms with Crippen molar-refractivity contribution in [2.75, 3.05) is 0 Å². The Balaban J connectivity index is 2.43. The van der Waals surface area contributed by atoms with Gasteiger partial charge in [-0.3, -0.25) is 4.79 Å². The van der Waals surface area contributed by atoms with Crippen LogP contribution in [0.4, 0.5) is 4.79 Å². The first-order valence-electron chi connectivity index (χ1n) is 9.20. The topological polar surface area (TPSA) is 48.3 Å². The third-order valence-corrected chi connectivity index (χ3v) is 3.97. The van der Waals surface area contributed by atoms with Crippen LogP contribution in [-0.4, -0.2) is 22.5 Å². The number of fused-ring (bicyclic) bond motifs is 1. The number of unbranched alkanes of at least 4 members (excludes halogenated alkanes) is 4. The molecular weight excluding hydrogens is 326 g/mol. The van der Waals surface area contributed by atoms with E-state index in [1.807, 2.05) is 18.2 Å². The van der Waals surface area contributed by atoms with Crippen LogP contribution in [0.5, 0.6) is 0 Å². The Labute approximate surface area is 155 Å². The Kier molecular flexibility index (Phi) is 6.63. The molecule has 0 amide bonds. The fraction of sp³-hybridized carbons (Fsp3) is 0.455. The van der Waals surface area contributed by atoms with Crippen molar-refractivity contribution >= 4 is 23.3 Å². The van der Waals surface area contributed by atoms with E-state index in [-0.39, 0.29) is 5.69 Å². The predicted molar refractivity (Wildman–Crippen MR) is 105 cm³/mol. The molecule has 0 saturated heterocycles. The minimum Gasteiger partial charge on any atom is -0.443 e. The quantitative estimate of drug-likeness (QED) is 0.402. The molecule has 2 rings (SSSR count). The SMILES string of the molecule is CCCCCCC#Cc1c(C=O)n(C(=O)OC(C)(C)C)c2ccccc12. The summed E-state index contributed by atoms with van der Waals surface area (Å²) in [5.74, 6) is 6.27. The second kappa shape index (κ2) is 8.71. The fourth-order valence-electron chi connectivity index (χ4n) is 2.80. The van der Waals surface area contributed by atoms with Gasteiger partial charge in [-0.1, -0.05) is 56.2 Å². The van der Waals surface area contributed by atoms with Crippen LogP contribution in [0.15, 0.2) is 24.3 Å². The number of ether oxygens (including phenoxy) is 1. The molecule has 1 aromatic carbocycles. The summed E-state index contributed by atoms with van der Waals surface area (Å²) in [6, 6.07) is 7.39. The molecule has 0 aliphatic rings. The molecule has 0 unspecified atom stereocenters. The van der Waals surface area contributed by atoms with Gasteiger partial charge in [0, 0.05) is 11.8 Å². The predicted octanol–water partition coefficient (Wildman–Crippen LogP) is 5.56. The molecule has 0 N–H and O–H groups in total. The summed E-state index contributed by atoms with van der Waals surface area (Å²) in [7, 11) is 0. The number of para-hydroxylation sites is 1. The molecule has 0 aliphatic heterocycles. The highest BCUT2D eigenvalue weighted by Gasteiger charge is 2.24. The van der Waals surface area contributed by atoms with Crippen molar-refractivity contribution in [3.8, 4) is 11.8 Å². The average Bonchev–Trinajstić information content (AvgIpc) is 2.90. The minimum atomic E-state index is -0.645. The maximum Gasteiger partial charge on any atom is 0.419 e. The first-order chi connectivity index (χ1) is 12.4. The van der Waals surface area contributed by atoms with E-state index in [1.165, 1.54) is 17.4 Å². The Morgan fingerprint density at radius 3 is 2.58 bits per heavy atom. The van der Waals surface area contributed by atoms with E-state index in [0.29, 0.717) is 17.4 Å². The molecule has 0 spiro atoms. The van der Waals surface area contributed by atoms with Gasteiger partial charge >= 0.3 is 6.09 Å². The lowest BCUT2D eigenvalue weighted by atomic mass is 10.1. The summed E-state index contributed by atoms with van der Waals surface area (Å²) in [5, 5.41) is 0.793. The van der Waals surface area contributed by atoms with Gasteiger partial charge in [-0.05, 0) is 33.3 Å². The summed E-state index contributed by atoms with van der Waals surface area (Å²) in [4.78, 5) is 24.4. The monoisotopic (exact) mass is 353 g/mol. The van der Waals surface area contributed by atoms with Crippen LogP contribution >= 0.6 is 0 Å². The van der Waals surface area contributed by atoms with Gasteiger partial charge in [0.05, 0.1) is 11.1 Å². The van der Waals surface area contributed by atoms with Gasteiger partial charge in [0.2, 0.25) is 0 Å². The van der Waals surface area contributed by atoms with E-state index in [2.05, 4.69) is 18.8 Å². The molecule has 1 aromatic heterocycles. The number of benzene rings is 1. The summed E-state index contributed by atoms with van der Waals surface area (Å²) in [6.45, 7) is 7.57. The highest BCUT2D eigenvalue weighted by Crippen LogP contribution is 2.26. The molecule has 4 heteroatoms. The third-order valence-electron chi connectivity index (χ3n) is 3.97. The molecule has 0 radical (unpaired) electrons. The van der Waals surface area contributed by atoms with Crippen LogP contribution < -0.4 is 0 Å². The number of rotatable bonds is 5. The van der Waals surface area contributed by atoms with E-state index < -0.39 is 11.7 Å². The largest absolute Gasteiger partial charge is 0.443 e. The van der Waals surface area contributed by atoms with Gasteiger partial charge in [0.25, 0.3) is 0 Å². The second-order valence-corrected chi connectivity index (χ2v) is 7.32. The van der Waals surface area contributed by atoms with Crippen molar-refractivity contribution in [3.63, 3.8) is 0 Å². The zero-order valence-corrected chi connectivity index (χ0v) is 16.1. The normalized spacial score (nSPS) is 11.1. The van der Waals surface area contributed by atoms with Crippen LogP contribution in [0.25, 0.3) is 10.9 Å². The third kappa shape index (κ3) is 4.76. The van der Waals surface area contributed by atoms with Crippen molar-refractivity contribution in [2.24, 2.45) is 0 Å². The van der Waals surface area contributed by atoms with Crippen LogP contribution in [0.3, 0.4) is 0 Å². The zero-order chi connectivity index (χ0) is 19.2. The van der Waals surface area contributed by atoms with Crippen molar-refractivity contribution < 1.29 is 14.3 Å². The second-order valence-electron chi connectivity index (χ2n) is 7.32. The van der Waals surface area contributed by atoms with Crippen LogP contribution in [-0.2, 0) is 4.74 Å². The molecule has 1 heterocycles. The number of carbonyl (C=O) groups excluding carboxylic acids is 2. The zero-order valence-electron chi connectivity index (χ0n) is 16.1. The number of aldehydes is 1. The number of hydrogen-bond acceptors (Lipinski definition) is 3. The number of carbonyl (C=O) groups is 2. The van der Waals surface area contributed by atoms with Gasteiger partial charge in [0.15, 0.2) is 6.29 Å². The standard InChI is InChI=1S/C22H27NO3/c1-5-6-7-8-9-10-13-18-17-14-11-12-15-19(17)23(20(18)16-24)21(25)26-22(2,3)4/h11-12,14-16H,5-9H2,1-4H3. The van der Waals surface area contributed by atoms with Crippen molar-refractivity contribution in [2.45, 2.75) is 65.4 Å². The fourth-order valence-corrected chi connectivity index (χ4v) is 2.80. The molecule has 0 saturated carbocycles. The minimum absolute atomic E-state index is 0.251. The Bertz CT molecular complexity index is 844. The lowest BCUT2D eigenvalue weighted by Crippen LogP contribution is -2.28. The van der Waals surface area contributed by atoms with Crippen LogP contribution in [0.2, 0.25) is 0 Å². The summed E-state index contributed by atoms with van der Waals surface area (Å²) in [6.07, 6.45) is 5.50. The van der Waals surface area contributed by atoms with Crippen LogP contribution in [0.1, 0.15) is 75.9 Å². The molecule has 2 aromatic rings. The molecule has 0 atom stereocenters. The summed E-state index contributed by atoms with van der Waals surface area (Å²) < 4.78 is 6.80. The first kappa shape index (κ1) is 19.8. The van der Waals surface area contributed by atoms with Gasteiger partial charge in [0.1, 0.15) is 11.3 Å².